The van der Waals surface area contributed by atoms with Crippen LogP contribution >= 0.6 is 24.0 Å². The second-order valence-corrected chi connectivity index (χ2v) is 5.68. The number of nitrogens with one attached hydrogen (secondary N) is 2. The van der Waals surface area contributed by atoms with E-state index in [1.807, 2.05) is 19.2 Å². The molecule has 0 spiro atoms. The Morgan fingerprint density at radius 1 is 1.36 bits per heavy atom. The van der Waals surface area contributed by atoms with Gasteiger partial charge in [0, 0.05) is 25.0 Å². The Bertz CT molecular complexity index is 643. The van der Waals surface area contributed by atoms with E-state index in [1.54, 1.807) is 0 Å². The van der Waals surface area contributed by atoms with E-state index in [9.17, 15) is 0 Å². The number of hydrogen-bond acceptors (Lipinski definition) is 2. The number of hydrogen-bond donors (Lipinski definition) is 2. The summed E-state index contributed by atoms with van der Waals surface area (Å²) < 4.78 is 2.12. The van der Waals surface area contributed by atoms with Crippen molar-refractivity contribution in [3.63, 3.8) is 0 Å². The third-order valence-corrected chi connectivity index (χ3v) is 4.10. The summed E-state index contributed by atoms with van der Waals surface area (Å²) in [6, 6.07) is 6.73. The number of fused-ring (bicyclic) bond motifs is 1. The Morgan fingerprint density at radius 2 is 2.14 bits per heavy atom. The Morgan fingerprint density at radius 3 is 2.82 bits per heavy atom. The van der Waals surface area contributed by atoms with Gasteiger partial charge in [-0.15, -0.1) is 24.0 Å². The Labute approximate surface area is 148 Å². The second-order valence-electron chi connectivity index (χ2n) is 5.68. The summed E-state index contributed by atoms with van der Waals surface area (Å²) in [5.41, 5.74) is 3.21. The largest absolute Gasteiger partial charge is 0.354 e. The zero-order valence-corrected chi connectivity index (χ0v) is 15.5. The van der Waals surface area contributed by atoms with Crippen LogP contribution in [0.15, 0.2) is 29.4 Å². The maximum atomic E-state index is 4.63. The Balaban J connectivity index is 0.00000176. The summed E-state index contributed by atoms with van der Waals surface area (Å²) in [6.07, 6.45) is 7.21. The van der Waals surface area contributed by atoms with Crippen LogP contribution in [0, 0.1) is 6.92 Å². The first-order chi connectivity index (χ1) is 10.3. The van der Waals surface area contributed by atoms with Crippen LogP contribution < -0.4 is 10.6 Å². The van der Waals surface area contributed by atoms with Crippen LogP contribution in [0.25, 0.3) is 5.65 Å². The number of aliphatic imine (C=N–C) groups is 1. The average molecular weight is 413 g/mol. The molecule has 2 N–H and O–H groups in total. The minimum absolute atomic E-state index is 0. The maximum Gasteiger partial charge on any atom is 0.191 e. The molecular weight excluding hydrogens is 389 g/mol. The van der Waals surface area contributed by atoms with Gasteiger partial charge >= 0.3 is 0 Å². The number of aryl methyl sites for hydroxylation is 1. The maximum absolute atomic E-state index is 4.63. The molecule has 120 valence electrons. The molecule has 0 aliphatic heterocycles. The SMILES string of the molecule is CN=C(NCc1cn2c(C)cccc2n1)NC1CCCC1.I. The average Bonchev–Trinajstić information content (AvgIpc) is 3.13. The molecule has 1 aliphatic carbocycles. The van der Waals surface area contributed by atoms with E-state index in [0.717, 1.165) is 17.3 Å². The number of imidazole rings is 1. The Hall–Kier alpha value is -1.31. The topological polar surface area (TPSA) is 53.7 Å². The third-order valence-electron chi connectivity index (χ3n) is 4.10. The highest BCUT2D eigenvalue weighted by Gasteiger charge is 2.15. The molecule has 1 saturated carbocycles. The quantitative estimate of drug-likeness (QED) is 0.462. The summed E-state index contributed by atoms with van der Waals surface area (Å²) in [6.45, 7) is 2.78. The van der Waals surface area contributed by atoms with Crippen molar-refractivity contribution in [2.75, 3.05) is 7.05 Å². The van der Waals surface area contributed by atoms with E-state index < -0.39 is 0 Å². The van der Waals surface area contributed by atoms with Gasteiger partial charge in [0.15, 0.2) is 5.96 Å². The van der Waals surface area contributed by atoms with E-state index >= 15 is 0 Å². The number of rotatable bonds is 3. The van der Waals surface area contributed by atoms with Gasteiger partial charge in [0.05, 0.1) is 12.2 Å². The first-order valence-electron chi connectivity index (χ1n) is 7.67. The molecule has 1 fully saturated rings. The normalized spacial score (nSPS) is 15.8. The molecule has 0 bridgehead atoms. The van der Waals surface area contributed by atoms with Crippen LogP contribution in [0.1, 0.15) is 37.1 Å². The predicted molar refractivity (Wildman–Crippen MR) is 101 cm³/mol. The first-order valence-corrected chi connectivity index (χ1v) is 7.67. The lowest BCUT2D eigenvalue weighted by Gasteiger charge is -2.16. The lowest BCUT2D eigenvalue weighted by molar-refractivity contribution is 0.613. The zero-order chi connectivity index (χ0) is 14.7. The summed E-state index contributed by atoms with van der Waals surface area (Å²) >= 11 is 0. The molecule has 2 heterocycles. The van der Waals surface area contributed by atoms with Gasteiger partial charge in [-0.1, -0.05) is 18.9 Å². The minimum Gasteiger partial charge on any atom is -0.354 e. The van der Waals surface area contributed by atoms with Crippen molar-refractivity contribution in [1.29, 1.82) is 0 Å². The van der Waals surface area contributed by atoms with E-state index in [1.165, 1.54) is 31.4 Å². The fourth-order valence-corrected chi connectivity index (χ4v) is 2.92. The highest BCUT2D eigenvalue weighted by Crippen LogP contribution is 2.17. The summed E-state index contributed by atoms with van der Waals surface area (Å²) in [5.74, 6) is 0.871. The van der Waals surface area contributed by atoms with E-state index in [4.69, 9.17) is 0 Å². The lowest BCUT2D eigenvalue weighted by atomic mass is 10.2. The van der Waals surface area contributed by atoms with Crippen LogP contribution in [-0.2, 0) is 6.54 Å². The van der Waals surface area contributed by atoms with E-state index in [2.05, 4.69) is 44.2 Å². The molecule has 0 atom stereocenters. The van der Waals surface area contributed by atoms with Crippen LogP contribution in [-0.4, -0.2) is 28.4 Å². The van der Waals surface area contributed by atoms with Gasteiger partial charge < -0.3 is 15.0 Å². The van der Waals surface area contributed by atoms with Crippen molar-refractivity contribution in [2.45, 2.75) is 45.2 Å². The van der Waals surface area contributed by atoms with Crippen molar-refractivity contribution in [2.24, 2.45) is 4.99 Å². The zero-order valence-electron chi connectivity index (χ0n) is 13.2. The summed E-state index contributed by atoms with van der Waals surface area (Å²) in [7, 11) is 1.82. The van der Waals surface area contributed by atoms with Gasteiger partial charge in [0.1, 0.15) is 5.65 Å². The number of nitrogens with zero attached hydrogens (tertiary/aromatic N) is 3. The van der Waals surface area contributed by atoms with Gasteiger partial charge in [-0.2, -0.15) is 0 Å². The first kappa shape index (κ1) is 17.1. The van der Waals surface area contributed by atoms with E-state index in [-0.39, 0.29) is 24.0 Å². The van der Waals surface area contributed by atoms with Gasteiger partial charge in [0.2, 0.25) is 0 Å². The predicted octanol–water partition coefficient (Wildman–Crippen LogP) is 2.87. The minimum atomic E-state index is 0. The van der Waals surface area contributed by atoms with Gasteiger partial charge in [-0.05, 0) is 31.9 Å². The molecule has 1 aliphatic rings. The molecule has 5 nitrogen and oxygen atoms in total. The van der Waals surface area contributed by atoms with Gasteiger partial charge in [-0.3, -0.25) is 4.99 Å². The molecule has 0 unspecified atom stereocenters. The summed E-state index contributed by atoms with van der Waals surface area (Å²) in [5, 5.41) is 6.84. The molecular formula is C16H24IN5. The number of pyridine rings is 1. The van der Waals surface area contributed by atoms with Crippen molar-refractivity contribution in [3.8, 4) is 0 Å². The smallest absolute Gasteiger partial charge is 0.191 e. The van der Waals surface area contributed by atoms with Gasteiger partial charge in [0.25, 0.3) is 0 Å². The van der Waals surface area contributed by atoms with Crippen LogP contribution in [0.4, 0.5) is 0 Å². The van der Waals surface area contributed by atoms with Crippen LogP contribution in [0.3, 0.4) is 0 Å². The molecule has 2 aromatic heterocycles. The van der Waals surface area contributed by atoms with E-state index in [0.29, 0.717) is 12.6 Å². The molecule has 0 saturated heterocycles. The fourth-order valence-electron chi connectivity index (χ4n) is 2.92. The lowest BCUT2D eigenvalue weighted by Crippen LogP contribution is -2.41. The second kappa shape index (κ2) is 7.80. The molecule has 22 heavy (non-hydrogen) atoms. The number of guanidine groups is 1. The third kappa shape index (κ3) is 3.91. The molecule has 0 aromatic carbocycles. The van der Waals surface area contributed by atoms with Gasteiger partial charge in [-0.25, -0.2) is 4.98 Å². The molecule has 0 amide bonds. The fraction of sp³-hybridized carbons (Fsp3) is 0.500. The monoisotopic (exact) mass is 413 g/mol. The molecule has 3 rings (SSSR count). The molecule has 2 aromatic rings. The summed E-state index contributed by atoms with van der Waals surface area (Å²) in [4.78, 5) is 8.93. The number of aromatic nitrogens is 2. The van der Waals surface area contributed by atoms with Crippen LogP contribution in [0.5, 0.6) is 0 Å². The van der Waals surface area contributed by atoms with Crippen molar-refractivity contribution >= 4 is 35.6 Å². The Kier molecular flexibility index (Phi) is 6.05. The van der Waals surface area contributed by atoms with Crippen LogP contribution in [0.2, 0.25) is 0 Å². The van der Waals surface area contributed by atoms with Crippen molar-refractivity contribution < 1.29 is 0 Å². The molecule has 6 heteroatoms. The number of halogens is 1. The standard InChI is InChI=1S/C16H23N5.HI/c1-12-6-5-9-15-19-14(11-21(12)15)10-18-16(17-2)20-13-7-3-4-8-13;/h5-6,9,11,13H,3-4,7-8,10H2,1-2H3,(H2,17,18,20);1H. The van der Waals surface area contributed by atoms with Crippen molar-refractivity contribution in [1.82, 2.24) is 20.0 Å². The van der Waals surface area contributed by atoms with Crippen molar-refractivity contribution in [3.05, 3.63) is 35.8 Å². The molecule has 0 radical (unpaired) electrons. The highest BCUT2D eigenvalue weighted by atomic mass is 127. The highest BCUT2D eigenvalue weighted by molar-refractivity contribution is 14.0.